The Labute approximate surface area is 146 Å². The van der Waals surface area contributed by atoms with Crippen LogP contribution in [0.4, 0.5) is 28.8 Å². The first-order valence-electron chi connectivity index (χ1n) is 7.79. The van der Waals surface area contributed by atoms with Crippen LogP contribution in [0, 0.1) is 13.8 Å². The number of methoxy groups -OCH3 is 1. The van der Waals surface area contributed by atoms with Crippen molar-refractivity contribution in [3.63, 3.8) is 0 Å². The van der Waals surface area contributed by atoms with Crippen LogP contribution in [-0.4, -0.2) is 22.1 Å². The lowest BCUT2D eigenvalue weighted by Crippen LogP contribution is -2.07. The van der Waals surface area contributed by atoms with E-state index in [-0.39, 0.29) is 0 Å². The van der Waals surface area contributed by atoms with Crippen LogP contribution in [0.1, 0.15) is 11.1 Å². The molecule has 0 saturated heterocycles. The lowest BCUT2D eigenvalue weighted by molar-refractivity contribution is 0.416. The number of pyridine rings is 1. The molecule has 25 heavy (non-hydrogen) atoms. The van der Waals surface area contributed by atoms with E-state index in [4.69, 9.17) is 10.5 Å². The predicted molar refractivity (Wildman–Crippen MR) is 99.7 cm³/mol. The molecule has 2 heterocycles. The Morgan fingerprint density at radius 1 is 0.960 bits per heavy atom. The number of aromatic nitrogens is 3. The Morgan fingerprint density at radius 2 is 1.72 bits per heavy atom. The SMILES string of the molecule is COc1ccc(C)cc1Nc1ncnc(Nc2ncccc2C)c1N. The molecule has 4 N–H and O–H groups in total. The summed E-state index contributed by atoms with van der Waals surface area (Å²) in [4.78, 5) is 12.8. The zero-order chi connectivity index (χ0) is 17.8. The van der Waals surface area contributed by atoms with Crippen LogP contribution in [0.15, 0.2) is 42.9 Å². The van der Waals surface area contributed by atoms with E-state index in [2.05, 4.69) is 25.6 Å². The summed E-state index contributed by atoms with van der Waals surface area (Å²) in [6.07, 6.45) is 3.16. The van der Waals surface area contributed by atoms with Crippen molar-refractivity contribution < 1.29 is 4.74 Å². The summed E-state index contributed by atoms with van der Waals surface area (Å²) in [5.74, 6) is 2.39. The largest absolute Gasteiger partial charge is 0.495 e. The highest BCUT2D eigenvalue weighted by Gasteiger charge is 2.12. The highest BCUT2D eigenvalue weighted by atomic mass is 16.5. The molecule has 0 saturated carbocycles. The summed E-state index contributed by atoms with van der Waals surface area (Å²) < 4.78 is 5.38. The highest BCUT2D eigenvalue weighted by Crippen LogP contribution is 2.32. The number of anilines is 5. The lowest BCUT2D eigenvalue weighted by Gasteiger charge is -2.15. The lowest BCUT2D eigenvalue weighted by atomic mass is 10.2. The fourth-order valence-corrected chi connectivity index (χ4v) is 2.37. The second kappa shape index (κ2) is 7.04. The van der Waals surface area contributed by atoms with Gasteiger partial charge < -0.3 is 21.1 Å². The molecule has 0 amide bonds. The van der Waals surface area contributed by atoms with Crippen molar-refractivity contribution in [2.45, 2.75) is 13.8 Å². The van der Waals surface area contributed by atoms with Crippen molar-refractivity contribution >= 4 is 28.8 Å². The van der Waals surface area contributed by atoms with Crippen molar-refractivity contribution in [3.8, 4) is 5.75 Å². The maximum absolute atomic E-state index is 6.24. The molecule has 0 radical (unpaired) electrons. The fraction of sp³-hybridized carbons (Fsp3) is 0.167. The number of rotatable bonds is 5. The molecule has 7 heteroatoms. The second-order valence-corrected chi connectivity index (χ2v) is 5.61. The maximum atomic E-state index is 6.24. The minimum absolute atomic E-state index is 0.399. The van der Waals surface area contributed by atoms with Gasteiger partial charge in [0.05, 0.1) is 12.8 Å². The van der Waals surface area contributed by atoms with Gasteiger partial charge in [0.1, 0.15) is 23.6 Å². The van der Waals surface area contributed by atoms with Gasteiger partial charge in [0.15, 0.2) is 11.6 Å². The number of nitrogen functional groups attached to an aromatic ring is 1. The Balaban J connectivity index is 1.92. The van der Waals surface area contributed by atoms with Crippen molar-refractivity contribution in [1.82, 2.24) is 15.0 Å². The smallest absolute Gasteiger partial charge is 0.160 e. The second-order valence-electron chi connectivity index (χ2n) is 5.61. The summed E-state index contributed by atoms with van der Waals surface area (Å²) in [7, 11) is 1.62. The zero-order valence-corrected chi connectivity index (χ0v) is 14.4. The van der Waals surface area contributed by atoms with E-state index in [9.17, 15) is 0 Å². The molecular weight excluding hydrogens is 316 g/mol. The Kier molecular flexibility index (Phi) is 4.65. The predicted octanol–water partition coefficient (Wildman–Crippen LogP) is 3.57. The Bertz CT molecular complexity index is 896. The molecule has 0 aliphatic carbocycles. The number of ether oxygens (including phenoxy) is 1. The van der Waals surface area contributed by atoms with Gasteiger partial charge >= 0.3 is 0 Å². The third-order valence-electron chi connectivity index (χ3n) is 3.74. The molecule has 0 spiro atoms. The number of hydrogen-bond acceptors (Lipinski definition) is 7. The third kappa shape index (κ3) is 3.60. The van der Waals surface area contributed by atoms with Crippen molar-refractivity contribution in [2.75, 3.05) is 23.5 Å². The molecule has 0 unspecified atom stereocenters. The topological polar surface area (TPSA) is 98.0 Å². The summed E-state index contributed by atoms with van der Waals surface area (Å²) in [5.41, 5.74) is 9.52. The van der Waals surface area contributed by atoms with Gasteiger partial charge in [-0.05, 0) is 43.2 Å². The fourth-order valence-electron chi connectivity index (χ4n) is 2.37. The van der Waals surface area contributed by atoms with Crippen LogP contribution in [0.2, 0.25) is 0 Å². The average Bonchev–Trinajstić information content (AvgIpc) is 2.60. The van der Waals surface area contributed by atoms with Crippen LogP contribution < -0.4 is 21.1 Å². The molecule has 0 fully saturated rings. The van der Waals surface area contributed by atoms with Gasteiger partial charge in [-0.3, -0.25) is 0 Å². The van der Waals surface area contributed by atoms with Crippen LogP contribution >= 0.6 is 0 Å². The molecule has 7 nitrogen and oxygen atoms in total. The van der Waals surface area contributed by atoms with E-state index >= 15 is 0 Å². The molecule has 2 aromatic heterocycles. The van der Waals surface area contributed by atoms with Crippen LogP contribution in [0.3, 0.4) is 0 Å². The van der Waals surface area contributed by atoms with Gasteiger partial charge in [-0.1, -0.05) is 12.1 Å². The Morgan fingerprint density at radius 3 is 2.44 bits per heavy atom. The van der Waals surface area contributed by atoms with Gasteiger partial charge in [-0.15, -0.1) is 0 Å². The average molecular weight is 336 g/mol. The van der Waals surface area contributed by atoms with E-state index in [1.807, 2.05) is 44.2 Å². The first-order chi connectivity index (χ1) is 12.1. The van der Waals surface area contributed by atoms with Gasteiger partial charge in [0.25, 0.3) is 0 Å². The van der Waals surface area contributed by atoms with Gasteiger partial charge in [-0.25, -0.2) is 15.0 Å². The van der Waals surface area contributed by atoms with E-state index < -0.39 is 0 Å². The van der Waals surface area contributed by atoms with E-state index in [1.54, 1.807) is 13.3 Å². The normalized spacial score (nSPS) is 10.4. The first-order valence-corrected chi connectivity index (χ1v) is 7.79. The van der Waals surface area contributed by atoms with Gasteiger partial charge in [0.2, 0.25) is 0 Å². The molecule has 3 rings (SSSR count). The van der Waals surface area contributed by atoms with Crippen molar-refractivity contribution in [2.24, 2.45) is 0 Å². The quantitative estimate of drug-likeness (QED) is 0.655. The van der Waals surface area contributed by atoms with E-state index in [0.29, 0.717) is 28.9 Å². The summed E-state index contributed by atoms with van der Waals surface area (Å²) in [5, 5.41) is 6.36. The number of aryl methyl sites for hydroxylation is 2. The highest BCUT2D eigenvalue weighted by molar-refractivity contribution is 5.81. The van der Waals surface area contributed by atoms with E-state index in [1.165, 1.54) is 6.33 Å². The molecule has 1 aromatic carbocycles. The molecule has 0 aliphatic heterocycles. The summed E-state index contributed by atoms with van der Waals surface area (Å²) >= 11 is 0. The third-order valence-corrected chi connectivity index (χ3v) is 3.74. The van der Waals surface area contributed by atoms with Crippen LogP contribution in [0.25, 0.3) is 0 Å². The summed E-state index contributed by atoms with van der Waals surface area (Å²) in [6.45, 7) is 3.97. The standard InChI is InChI=1S/C18H20N6O/c1-11-6-7-14(25-3)13(9-11)23-17-15(19)18(22-10-21-17)24-16-12(2)5-4-8-20-16/h4-10H,19H2,1-3H3,(H2,20,21,22,23,24). The molecule has 0 atom stereocenters. The first kappa shape index (κ1) is 16.5. The number of nitrogens with two attached hydrogens (primary N) is 1. The molecular formula is C18H20N6O. The number of hydrogen-bond donors (Lipinski definition) is 3. The zero-order valence-electron chi connectivity index (χ0n) is 14.4. The van der Waals surface area contributed by atoms with Crippen LogP contribution in [-0.2, 0) is 0 Å². The Hall–Kier alpha value is -3.35. The van der Waals surface area contributed by atoms with Crippen LogP contribution in [0.5, 0.6) is 5.75 Å². The number of nitrogens with zero attached hydrogens (tertiary/aromatic N) is 3. The molecule has 128 valence electrons. The minimum atomic E-state index is 0.399. The van der Waals surface area contributed by atoms with Crippen molar-refractivity contribution in [1.29, 1.82) is 0 Å². The monoisotopic (exact) mass is 336 g/mol. The summed E-state index contributed by atoms with van der Waals surface area (Å²) in [6, 6.07) is 9.68. The van der Waals surface area contributed by atoms with Crippen molar-refractivity contribution in [3.05, 3.63) is 54.0 Å². The van der Waals surface area contributed by atoms with Gasteiger partial charge in [-0.2, -0.15) is 0 Å². The molecule has 0 bridgehead atoms. The maximum Gasteiger partial charge on any atom is 0.160 e. The molecule has 0 aliphatic rings. The number of nitrogens with one attached hydrogen (secondary N) is 2. The number of benzene rings is 1. The van der Waals surface area contributed by atoms with E-state index in [0.717, 1.165) is 16.8 Å². The molecule has 3 aromatic rings. The van der Waals surface area contributed by atoms with Gasteiger partial charge in [0, 0.05) is 6.20 Å². The minimum Gasteiger partial charge on any atom is -0.495 e.